The lowest BCUT2D eigenvalue weighted by molar-refractivity contribution is -0.104. The van der Waals surface area contributed by atoms with E-state index in [1.807, 2.05) is 18.2 Å². The second kappa shape index (κ2) is 5.63. The zero-order valence-electron chi connectivity index (χ0n) is 13.0. The highest BCUT2D eigenvalue weighted by molar-refractivity contribution is 5.92. The van der Waals surface area contributed by atoms with Gasteiger partial charge in [0.15, 0.2) is 11.5 Å². The van der Waals surface area contributed by atoms with Crippen molar-refractivity contribution in [2.45, 2.75) is 18.4 Å². The summed E-state index contributed by atoms with van der Waals surface area (Å²) >= 11 is 0. The first kappa shape index (κ1) is 15.2. The lowest BCUT2D eigenvalue weighted by Gasteiger charge is -2.41. The van der Waals surface area contributed by atoms with Crippen molar-refractivity contribution in [3.8, 4) is 0 Å². The fourth-order valence-corrected chi connectivity index (χ4v) is 3.65. The minimum Gasteiger partial charge on any atom is -0.367 e. The summed E-state index contributed by atoms with van der Waals surface area (Å²) in [6.45, 7) is 1.09. The van der Waals surface area contributed by atoms with E-state index < -0.39 is 23.1 Å². The molecule has 1 aromatic carbocycles. The number of aromatic nitrogens is 1. The van der Waals surface area contributed by atoms with Gasteiger partial charge < -0.3 is 9.64 Å². The van der Waals surface area contributed by atoms with E-state index in [-0.39, 0.29) is 5.69 Å². The van der Waals surface area contributed by atoms with Gasteiger partial charge in [0.1, 0.15) is 11.4 Å². The van der Waals surface area contributed by atoms with E-state index in [2.05, 4.69) is 11.1 Å². The Morgan fingerprint density at radius 2 is 2.12 bits per heavy atom. The number of rotatable bonds is 1. The summed E-state index contributed by atoms with van der Waals surface area (Å²) < 4.78 is 32.9. The Morgan fingerprint density at radius 1 is 1.29 bits per heavy atom. The zero-order chi connectivity index (χ0) is 16.7. The molecule has 1 aliphatic carbocycles. The van der Waals surface area contributed by atoms with E-state index in [0.29, 0.717) is 25.8 Å². The topological polar surface area (TPSA) is 42.4 Å². The van der Waals surface area contributed by atoms with Gasteiger partial charge in [-0.1, -0.05) is 24.3 Å². The summed E-state index contributed by atoms with van der Waals surface area (Å²) in [5.41, 5.74) is 1.42. The van der Waals surface area contributed by atoms with E-state index in [1.54, 1.807) is 4.90 Å². The fraction of sp³-hybridized carbons (Fsp3) is 0.333. The maximum atomic E-state index is 13.9. The molecule has 0 saturated carbocycles. The van der Waals surface area contributed by atoms with Crippen LogP contribution in [0, 0.1) is 11.6 Å². The van der Waals surface area contributed by atoms with Crippen LogP contribution in [0.3, 0.4) is 0 Å². The highest BCUT2D eigenvalue weighted by Gasteiger charge is 2.44. The lowest BCUT2D eigenvalue weighted by Crippen LogP contribution is -2.51. The number of pyridine rings is 1. The first-order valence-corrected chi connectivity index (χ1v) is 7.92. The van der Waals surface area contributed by atoms with Gasteiger partial charge in [-0.05, 0) is 24.0 Å². The predicted molar refractivity (Wildman–Crippen MR) is 82.4 cm³/mol. The smallest absolute Gasteiger partial charge is 0.275 e. The van der Waals surface area contributed by atoms with Crippen molar-refractivity contribution in [1.29, 1.82) is 0 Å². The van der Waals surface area contributed by atoms with Crippen LogP contribution >= 0.6 is 0 Å². The Kier molecular flexibility index (Phi) is 3.57. The molecule has 1 fully saturated rings. The van der Waals surface area contributed by atoms with Crippen LogP contribution in [0.25, 0.3) is 0 Å². The van der Waals surface area contributed by atoms with Crippen LogP contribution in [-0.2, 0) is 16.8 Å². The third-order valence-electron chi connectivity index (χ3n) is 4.79. The molecule has 1 saturated heterocycles. The van der Waals surface area contributed by atoms with Crippen molar-refractivity contribution in [3.63, 3.8) is 0 Å². The van der Waals surface area contributed by atoms with Gasteiger partial charge >= 0.3 is 0 Å². The summed E-state index contributed by atoms with van der Waals surface area (Å²) in [5.74, 6) is -2.26. The number of nitrogens with zero attached hydrogens (tertiary/aromatic N) is 2. The number of ether oxygens (including phenoxy) is 1. The van der Waals surface area contributed by atoms with E-state index in [1.165, 1.54) is 5.56 Å². The molecule has 1 amide bonds. The molecule has 124 valence electrons. The maximum Gasteiger partial charge on any atom is 0.275 e. The number of fused-ring (bicyclic) bond motifs is 2. The molecule has 2 heterocycles. The molecule has 4 nitrogen and oxygen atoms in total. The standard InChI is InChI=1S/C18H16F2N2O2/c19-13-9-15(20)16(21-10-13)17(23)22-7-8-24-18(11-22)6-5-12-3-1-2-4-14(12)18/h1-4,9-10H,5-8,11H2/t18-/m1/s1. The molecular formula is C18H16F2N2O2. The van der Waals surface area contributed by atoms with Crippen LogP contribution in [0.1, 0.15) is 28.0 Å². The van der Waals surface area contributed by atoms with Gasteiger partial charge in [0.25, 0.3) is 5.91 Å². The predicted octanol–water partition coefficient (Wildman–Crippen LogP) is 2.67. The molecule has 1 aliphatic heterocycles. The van der Waals surface area contributed by atoms with Gasteiger partial charge in [0.05, 0.1) is 19.3 Å². The number of morpholine rings is 1. The maximum absolute atomic E-state index is 13.9. The van der Waals surface area contributed by atoms with Crippen molar-refractivity contribution in [3.05, 3.63) is 65.0 Å². The molecule has 0 radical (unpaired) electrons. The normalized spacial score (nSPS) is 22.7. The van der Waals surface area contributed by atoms with Crippen LogP contribution in [0.5, 0.6) is 0 Å². The van der Waals surface area contributed by atoms with E-state index in [0.717, 1.165) is 24.6 Å². The number of aryl methyl sites for hydroxylation is 1. The number of hydrogen-bond acceptors (Lipinski definition) is 3. The largest absolute Gasteiger partial charge is 0.367 e. The Morgan fingerprint density at radius 3 is 2.96 bits per heavy atom. The molecule has 1 aromatic heterocycles. The Hall–Kier alpha value is -2.34. The van der Waals surface area contributed by atoms with Gasteiger partial charge in [0, 0.05) is 12.6 Å². The molecular weight excluding hydrogens is 314 g/mol. The summed E-state index contributed by atoms with van der Waals surface area (Å²) in [4.78, 5) is 17.8. The molecule has 1 atom stereocenters. The van der Waals surface area contributed by atoms with Crippen molar-refractivity contribution >= 4 is 5.91 Å². The molecule has 2 aromatic rings. The third kappa shape index (κ3) is 2.38. The highest BCUT2D eigenvalue weighted by atomic mass is 19.1. The Balaban J connectivity index is 1.63. The number of amides is 1. The van der Waals surface area contributed by atoms with Gasteiger partial charge in [-0.15, -0.1) is 0 Å². The Labute approximate surface area is 138 Å². The van der Waals surface area contributed by atoms with Crippen LogP contribution in [0.4, 0.5) is 8.78 Å². The summed E-state index contributed by atoms with van der Waals surface area (Å²) in [6, 6.07) is 8.71. The fourth-order valence-electron chi connectivity index (χ4n) is 3.65. The number of halogens is 2. The minimum atomic E-state index is -0.938. The highest BCUT2D eigenvalue weighted by Crippen LogP contribution is 2.42. The second-order valence-corrected chi connectivity index (χ2v) is 6.21. The van der Waals surface area contributed by atoms with Crippen molar-refractivity contribution < 1.29 is 18.3 Å². The molecule has 0 N–H and O–H groups in total. The van der Waals surface area contributed by atoms with Crippen molar-refractivity contribution in [2.75, 3.05) is 19.7 Å². The molecule has 4 rings (SSSR count). The average molecular weight is 330 g/mol. The zero-order valence-corrected chi connectivity index (χ0v) is 13.0. The number of carbonyl (C=O) groups excluding carboxylic acids is 1. The van der Waals surface area contributed by atoms with Crippen molar-refractivity contribution in [2.24, 2.45) is 0 Å². The quantitative estimate of drug-likeness (QED) is 0.807. The summed E-state index contributed by atoms with van der Waals surface area (Å²) in [6.07, 6.45) is 2.54. The molecule has 0 unspecified atom stereocenters. The summed E-state index contributed by atoms with van der Waals surface area (Å²) in [7, 11) is 0. The van der Waals surface area contributed by atoms with E-state index in [4.69, 9.17) is 4.74 Å². The molecule has 0 bridgehead atoms. The molecule has 24 heavy (non-hydrogen) atoms. The molecule has 1 spiro atoms. The lowest BCUT2D eigenvalue weighted by atomic mass is 9.93. The van der Waals surface area contributed by atoms with Crippen molar-refractivity contribution in [1.82, 2.24) is 9.88 Å². The number of carbonyl (C=O) groups is 1. The van der Waals surface area contributed by atoms with E-state index >= 15 is 0 Å². The van der Waals surface area contributed by atoms with Gasteiger partial charge in [-0.2, -0.15) is 0 Å². The SMILES string of the molecule is O=C(c1ncc(F)cc1F)N1CCO[C@]2(CCc3ccccc32)C1. The Bertz CT molecular complexity index is 807. The van der Waals surface area contributed by atoms with Crippen LogP contribution in [-0.4, -0.2) is 35.5 Å². The molecule has 6 heteroatoms. The van der Waals surface area contributed by atoms with Crippen LogP contribution in [0.2, 0.25) is 0 Å². The van der Waals surface area contributed by atoms with Crippen LogP contribution < -0.4 is 0 Å². The summed E-state index contributed by atoms with van der Waals surface area (Å²) in [5, 5.41) is 0. The average Bonchev–Trinajstić information content (AvgIpc) is 2.93. The molecule has 2 aliphatic rings. The van der Waals surface area contributed by atoms with Crippen LogP contribution in [0.15, 0.2) is 36.5 Å². The monoisotopic (exact) mass is 330 g/mol. The second-order valence-electron chi connectivity index (χ2n) is 6.21. The third-order valence-corrected chi connectivity index (χ3v) is 4.79. The van der Waals surface area contributed by atoms with Gasteiger partial charge in [-0.25, -0.2) is 13.8 Å². The first-order chi connectivity index (χ1) is 11.6. The number of hydrogen-bond donors (Lipinski definition) is 0. The number of benzene rings is 1. The van der Waals surface area contributed by atoms with Gasteiger partial charge in [-0.3, -0.25) is 4.79 Å². The van der Waals surface area contributed by atoms with E-state index in [9.17, 15) is 13.6 Å². The first-order valence-electron chi connectivity index (χ1n) is 7.92. The minimum absolute atomic E-state index is 0.347. The van der Waals surface area contributed by atoms with Gasteiger partial charge in [0.2, 0.25) is 0 Å².